The van der Waals surface area contributed by atoms with E-state index in [1.165, 1.54) is 0 Å². The number of carbonyl (C=O) groups excluding carboxylic acids is 1. The highest BCUT2D eigenvalue weighted by molar-refractivity contribution is 5.84. The maximum absolute atomic E-state index is 11.7. The van der Waals surface area contributed by atoms with Crippen LogP contribution in [0.15, 0.2) is 18.2 Å². The molecule has 5 nitrogen and oxygen atoms in total. The average molecular weight is 236 g/mol. The number of nitrogens with two attached hydrogens (primary N) is 2. The molecule has 6 N–H and O–H groups in total. The summed E-state index contributed by atoms with van der Waals surface area (Å²) in [5.74, 6) is -0.0459. The summed E-state index contributed by atoms with van der Waals surface area (Å²) in [6, 6.07) is 5.04. The van der Waals surface area contributed by atoms with Gasteiger partial charge in [-0.25, -0.2) is 0 Å². The Morgan fingerprint density at radius 1 is 1.18 bits per heavy atom. The number of amides is 1. The lowest BCUT2D eigenvalue weighted by molar-refractivity contribution is -0.122. The van der Waals surface area contributed by atoms with Crippen molar-refractivity contribution in [3.8, 4) is 0 Å². The molecule has 1 atom stereocenters. The van der Waals surface area contributed by atoms with E-state index in [1.54, 1.807) is 25.1 Å². The van der Waals surface area contributed by atoms with Crippen LogP contribution in [0.2, 0.25) is 0 Å². The molecule has 0 saturated carbocycles. The second-order valence-corrected chi connectivity index (χ2v) is 4.37. The van der Waals surface area contributed by atoms with Crippen molar-refractivity contribution in [2.45, 2.75) is 32.9 Å². The van der Waals surface area contributed by atoms with Crippen LogP contribution in [0, 0.1) is 0 Å². The smallest absolute Gasteiger partial charge is 0.242 e. The zero-order valence-corrected chi connectivity index (χ0v) is 10.4. The van der Waals surface area contributed by atoms with E-state index in [0.717, 1.165) is 5.69 Å². The number of nitrogens with one attached hydrogen (secondary N) is 2. The van der Waals surface area contributed by atoms with E-state index in [-0.39, 0.29) is 18.0 Å². The first-order valence-corrected chi connectivity index (χ1v) is 5.62. The van der Waals surface area contributed by atoms with Crippen LogP contribution in [-0.4, -0.2) is 18.0 Å². The molecule has 0 aliphatic rings. The molecule has 0 aliphatic heterocycles. The third kappa shape index (κ3) is 3.86. The van der Waals surface area contributed by atoms with Gasteiger partial charge in [-0.1, -0.05) is 0 Å². The maximum atomic E-state index is 11.7. The third-order valence-corrected chi connectivity index (χ3v) is 2.29. The monoisotopic (exact) mass is 236 g/mol. The Morgan fingerprint density at radius 2 is 1.82 bits per heavy atom. The topological polar surface area (TPSA) is 93.2 Å². The molecule has 1 rings (SSSR count). The van der Waals surface area contributed by atoms with Crippen molar-refractivity contribution in [1.82, 2.24) is 5.32 Å². The molecule has 0 radical (unpaired) electrons. The fraction of sp³-hybridized carbons (Fsp3) is 0.417. The number of hydrogen-bond acceptors (Lipinski definition) is 4. The highest BCUT2D eigenvalue weighted by Crippen LogP contribution is 2.20. The van der Waals surface area contributed by atoms with Gasteiger partial charge in [-0.05, 0) is 39.0 Å². The van der Waals surface area contributed by atoms with Gasteiger partial charge < -0.3 is 22.1 Å². The maximum Gasteiger partial charge on any atom is 0.242 e. The minimum Gasteiger partial charge on any atom is -0.397 e. The van der Waals surface area contributed by atoms with Gasteiger partial charge in [0.15, 0.2) is 0 Å². The van der Waals surface area contributed by atoms with Crippen LogP contribution in [-0.2, 0) is 4.79 Å². The fourth-order valence-electron chi connectivity index (χ4n) is 1.39. The summed E-state index contributed by atoms with van der Waals surface area (Å²) in [5, 5.41) is 5.90. The van der Waals surface area contributed by atoms with Crippen LogP contribution in [0.4, 0.5) is 17.1 Å². The summed E-state index contributed by atoms with van der Waals surface area (Å²) < 4.78 is 0. The largest absolute Gasteiger partial charge is 0.397 e. The number of anilines is 3. The Bertz CT molecular complexity index is 403. The molecule has 0 saturated heterocycles. The lowest BCUT2D eigenvalue weighted by Crippen LogP contribution is -2.40. The molecule has 17 heavy (non-hydrogen) atoms. The average Bonchev–Trinajstić information content (AvgIpc) is 2.22. The number of benzene rings is 1. The lowest BCUT2D eigenvalue weighted by atomic mass is 10.2. The van der Waals surface area contributed by atoms with Gasteiger partial charge in [0, 0.05) is 11.7 Å². The second kappa shape index (κ2) is 5.43. The van der Waals surface area contributed by atoms with E-state index in [0.29, 0.717) is 11.4 Å². The predicted molar refractivity (Wildman–Crippen MR) is 71.6 cm³/mol. The summed E-state index contributed by atoms with van der Waals surface area (Å²) in [6.07, 6.45) is 0. The zero-order valence-electron chi connectivity index (χ0n) is 10.4. The highest BCUT2D eigenvalue weighted by Gasteiger charge is 2.13. The highest BCUT2D eigenvalue weighted by atomic mass is 16.2. The molecular weight excluding hydrogens is 216 g/mol. The van der Waals surface area contributed by atoms with Crippen LogP contribution in [0.25, 0.3) is 0 Å². The second-order valence-electron chi connectivity index (χ2n) is 4.37. The molecule has 0 aromatic heterocycles. The molecule has 0 spiro atoms. The van der Waals surface area contributed by atoms with Gasteiger partial charge in [0.1, 0.15) is 6.04 Å². The first kappa shape index (κ1) is 13.2. The van der Waals surface area contributed by atoms with Crippen LogP contribution < -0.4 is 22.1 Å². The van der Waals surface area contributed by atoms with E-state index in [2.05, 4.69) is 10.6 Å². The molecule has 94 valence electrons. The standard InChI is InChI=1S/C12H20N4O/c1-7(2)15-12(17)8(3)16-9-4-5-10(13)11(14)6-9/h4-8,16H,13-14H2,1-3H3,(H,15,17). The molecule has 1 aromatic rings. The summed E-state index contributed by atoms with van der Waals surface area (Å²) in [5.41, 5.74) is 13.1. The van der Waals surface area contributed by atoms with Crippen molar-refractivity contribution in [1.29, 1.82) is 0 Å². The van der Waals surface area contributed by atoms with Crippen molar-refractivity contribution in [2.24, 2.45) is 0 Å². The van der Waals surface area contributed by atoms with Crippen LogP contribution in [0.3, 0.4) is 0 Å². The predicted octanol–water partition coefficient (Wildman–Crippen LogP) is 1.18. The van der Waals surface area contributed by atoms with Crippen LogP contribution in [0.1, 0.15) is 20.8 Å². The Kier molecular flexibility index (Phi) is 4.20. The van der Waals surface area contributed by atoms with Gasteiger partial charge in [-0.2, -0.15) is 0 Å². The quantitative estimate of drug-likeness (QED) is 0.590. The van der Waals surface area contributed by atoms with E-state index < -0.39 is 0 Å². The molecule has 1 amide bonds. The van der Waals surface area contributed by atoms with Crippen molar-refractivity contribution < 1.29 is 4.79 Å². The normalized spacial score (nSPS) is 12.2. The van der Waals surface area contributed by atoms with Gasteiger partial charge >= 0.3 is 0 Å². The summed E-state index contributed by atoms with van der Waals surface area (Å²) in [7, 11) is 0. The van der Waals surface area contributed by atoms with E-state index in [4.69, 9.17) is 11.5 Å². The Hall–Kier alpha value is -1.91. The molecule has 0 aliphatic carbocycles. The Balaban J connectivity index is 2.64. The van der Waals surface area contributed by atoms with Gasteiger partial charge in [-0.3, -0.25) is 4.79 Å². The van der Waals surface area contributed by atoms with Crippen molar-refractivity contribution in [3.05, 3.63) is 18.2 Å². The summed E-state index contributed by atoms with van der Waals surface area (Å²) >= 11 is 0. The van der Waals surface area contributed by atoms with Crippen molar-refractivity contribution in [2.75, 3.05) is 16.8 Å². The fourth-order valence-corrected chi connectivity index (χ4v) is 1.39. The third-order valence-electron chi connectivity index (χ3n) is 2.29. The molecule has 0 bridgehead atoms. The van der Waals surface area contributed by atoms with Crippen molar-refractivity contribution >= 4 is 23.0 Å². The molecular formula is C12H20N4O. The van der Waals surface area contributed by atoms with E-state index in [1.807, 2.05) is 13.8 Å². The van der Waals surface area contributed by atoms with Crippen LogP contribution in [0.5, 0.6) is 0 Å². The zero-order chi connectivity index (χ0) is 13.0. The van der Waals surface area contributed by atoms with Gasteiger partial charge in [0.2, 0.25) is 5.91 Å². The Morgan fingerprint density at radius 3 is 2.35 bits per heavy atom. The summed E-state index contributed by atoms with van der Waals surface area (Å²) in [6.45, 7) is 5.64. The molecule has 5 heteroatoms. The minimum atomic E-state index is -0.319. The molecule has 0 fully saturated rings. The molecule has 0 heterocycles. The SMILES string of the molecule is CC(C)NC(=O)C(C)Nc1ccc(N)c(N)c1. The van der Waals surface area contributed by atoms with E-state index in [9.17, 15) is 4.79 Å². The summed E-state index contributed by atoms with van der Waals surface area (Å²) in [4.78, 5) is 11.7. The first-order chi connectivity index (χ1) is 7.90. The number of hydrogen-bond donors (Lipinski definition) is 4. The minimum absolute atomic E-state index is 0.0459. The first-order valence-electron chi connectivity index (χ1n) is 5.62. The van der Waals surface area contributed by atoms with Crippen molar-refractivity contribution in [3.63, 3.8) is 0 Å². The van der Waals surface area contributed by atoms with Gasteiger partial charge in [0.25, 0.3) is 0 Å². The van der Waals surface area contributed by atoms with E-state index >= 15 is 0 Å². The number of nitrogen functional groups attached to an aromatic ring is 2. The molecule has 1 aromatic carbocycles. The van der Waals surface area contributed by atoms with Crippen LogP contribution >= 0.6 is 0 Å². The Labute approximate surface area is 102 Å². The molecule has 1 unspecified atom stereocenters. The lowest BCUT2D eigenvalue weighted by Gasteiger charge is -2.17. The number of rotatable bonds is 4. The van der Waals surface area contributed by atoms with Gasteiger partial charge in [-0.15, -0.1) is 0 Å². The van der Waals surface area contributed by atoms with Gasteiger partial charge in [0.05, 0.1) is 11.4 Å². The number of carbonyl (C=O) groups is 1.